The first-order valence-corrected chi connectivity index (χ1v) is 6.33. The molecule has 8 nitrogen and oxygen atoms in total. The van der Waals surface area contributed by atoms with Crippen LogP contribution in [-0.2, 0) is 9.59 Å². The summed E-state index contributed by atoms with van der Waals surface area (Å²) in [7, 11) is 0. The minimum absolute atomic E-state index is 0.298. The van der Waals surface area contributed by atoms with Gasteiger partial charge in [-0.25, -0.2) is 11.7 Å². The van der Waals surface area contributed by atoms with E-state index in [0.29, 0.717) is 26.2 Å². The van der Waals surface area contributed by atoms with Crippen molar-refractivity contribution in [3.05, 3.63) is 25.3 Å². The molecule has 0 saturated carbocycles. The molecule has 2 atom stereocenters. The van der Waals surface area contributed by atoms with E-state index in [2.05, 4.69) is 24.0 Å². The highest BCUT2D eigenvalue weighted by Gasteiger charge is 2.30. The summed E-state index contributed by atoms with van der Waals surface area (Å²) in [5, 5.41) is 0. The number of carbonyl (C=O) groups excluding carboxylic acids is 2. The number of nitrogens with two attached hydrogens (primary N) is 2. The van der Waals surface area contributed by atoms with Gasteiger partial charge in [-0.05, 0) is 0 Å². The normalized spacial score (nSPS) is 19.7. The van der Waals surface area contributed by atoms with Gasteiger partial charge >= 0.3 is 0 Å². The van der Waals surface area contributed by atoms with Crippen LogP contribution in [0, 0.1) is 0 Å². The topological polar surface area (TPSA) is 117 Å². The molecule has 0 bridgehead atoms. The molecule has 1 rings (SSSR count). The number of amides is 2. The summed E-state index contributed by atoms with van der Waals surface area (Å²) in [6, 6.07) is -0.930. The Labute approximate surface area is 118 Å². The van der Waals surface area contributed by atoms with Gasteiger partial charge in [0.05, 0.1) is 0 Å². The maximum absolute atomic E-state index is 11.6. The predicted molar refractivity (Wildman–Crippen MR) is 75.8 cm³/mol. The fourth-order valence-corrected chi connectivity index (χ4v) is 2.31. The van der Waals surface area contributed by atoms with Crippen LogP contribution in [0.2, 0.25) is 0 Å². The van der Waals surface area contributed by atoms with E-state index in [1.807, 2.05) is 9.80 Å². The van der Waals surface area contributed by atoms with Gasteiger partial charge in [-0.1, -0.05) is 12.2 Å². The molecular weight excluding hydrogens is 260 g/mol. The number of hydrogen-bond donors (Lipinski definition) is 4. The zero-order chi connectivity index (χ0) is 15.1. The molecule has 1 saturated heterocycles. The molecular formula is C12H22N6O2. The van der Waals surface area contributed by atoms with Gasteiger partial charge in [-0.2, -0.15) is 0 Å². The monoisotopic (exact) mass is 282 g/mol. The average molecular weight is 282 g/mol. The van der Waals surface area contributed by atoms with Gasteiger partial charge in [0.1, 0.15) is 12.1 Å². The quantitative estimate of drug-likeness (QED) is 0.188. The van der Waals surface area contributed by atoms with Crippen LogP contribution >= 0.6 is 0 Å². The minimum atomic E-state index is -0.465. The Morgan fingerprint density at radius 1 is 0.900 bits per heavy atom. The third-order valence-electron chi connectivity index (χ3n) is 3.40. The molecule has 0 aliphatic carbocycles. The maximum atomic E-state index is 11.6. The third-order valence-corrected chi connectivity index (χ3v) is 3.40. The maximum Gasteiger partial charge on any atom is 0.255 e. The molecule has 2 amide bonds. The smallest absolute Gasteiger partial charge is 0.255 e. The highest BCUT2D eigenvalue weighted by Crippen LogP contribution is 2.11. The van der Waals surface area contributed by atoms with Crippen LogP contribution in [0.25, 0.3) is 0 Å². The fraction of sp³-hybridized carbons (Fsp3) is 0.500. The number of hydrogen-bond acceptors (Lipinski definition) is 6. The van der Waals surface area contributed by atoms with Gasteiger partial charge in [-0.3, -0.25) is 30.2 Å². The van der Waals surface area contributed by atoms with Crippen molar-refractivity contribution in [2.75, 3.05) is 26.2 Å². The summed E-state index contributed by atoms with van der Waals surface area (Å²) in [5.41, 5.74) is 4.25. The number of nitrogens with zero attached hydrogens (tertiary/aromatic N) is 2. The van der Waals surface area contributed by atoms with Gasteiger partial charge in [-0.15, -0.1) is 13.2 Å². The fourth-order valence-electron chi connectivity index (χ4n) is 2.31. The molecule has 0 aromatic rings. The van der Waals surface area contributed by atoms with Crippen molar-refractivity contribution in [3.8, 4) is 0 Å². The molecule has 112 valence electrons. The summed E-state index contributed by atoms with van der Waals surface area (Å²) in [6.07, 6.45) is 3.10. The Kier molecular flexibility index (Phi) is 6.32. The standard InChI is InChI=1S/C12H22N6O2/c1-3-9(11(19)15-13)17-5-7-18(8-6-17)10(4-2)12(20)16-14/h3-4,9-10H,1-2,5-8,13-14H2,(H,15,19)(H,16,20). The van der Waals surface area contributed by atoms with Crippen LogP contribution in [0.4, 0.5) is 0 Å². The van der Waals surface area contributed by atoms with Crippen LogP contribution in [0.1, 0.15) is 0 Å². The van der Waals surface area contributed by atoms with Gasteiger partial charge in [0, 0.05) is 26.2 Å². The second-order valence-electron chi connectivity index (χ2n) is 4.45. The van der Waals surface area contributed by atoms with Crippen molar-refractivity contribution in [2.45, 2.75) is 12.1 Å². The van der Waals surface area contributed by atoms with Crippen molar-refractivity contribution >= 4 is 11.8 Å². The van der Waals surface area contributed by atoms with E-state index in [1.165, 1.54) is 0 Å². The Hall–Kier alpha value is -1.74. The second kappa shape index (κ2) is 7.75. The molecule has 0 aromatic heterocycles. The largest absolute Gasteiger partial charge is 0.293 e. The summed E-state index contributed by atoms with van der Waals surface area (Å²) < 4.78 is 0. The number of rotatable bonds is 6. The summed E-state index contributed by atoms with van der Waals surface area (Å²) in [4.78, 5) is 27.1. The highest BCUT2D eigenvalue weighted by molar-refractivity contribution is 5.83. The van der Waals surface area contributed by atoms with E-state index in [1.54, 1.807) is 12.2 Å². The van der Waals surface area contributed by atoms with Crippen LogP contribution in [-0.4, -0.2) is 59.9 Å². The highest BCUT2D eigenvalue weighted by atomic mass is 16.2. The van der Waals surface area contributed by atoms with Crippen molar-refractivity contribution in [1.29, 1.82) is 0 Å². The average Bonchev–Trinajstić information content (AvgIpc) is 2.49. The molecule has 0 aromatic carbocycles. The Bertz CT molecular complexity index is 342. The number of hydrazine groups is 2. The van der Waals surface area contributed by atoms with Crippen molar-refractivity contribution < 1.29 is 9.59 Å². The van der Waals surface area contributed by atoms with Gasteiger partial charge in [0.2, 0.25) is 0 Å². The molecule has 0 spiro atoms. The first-order chi connectivity index (χ1) is 9.58. The number of piperazine rings is 1. The number of carbonyl (C=O) groups is 2. The van der Waals surface area contributed by atoms with E-state index >= 15 is 0 Å². The molecule has 1 aliphatic rings. The summed E-state index contributed by atoms with van der Waals surface area (Å²) in [5.74, 6) is 9.70. The van der Waals surface area contributed by atoms with Gasteiger partial charge in [0.25, 0.3) is 11.8 Å². The van der Waals surface area contributed by atoms with Crippen molar-refractivity contribution in [1.82, 2.24) is 20.7 Å². The van der Waals surface area contributed by atoms with Crippen LogP contribution < -0.4 is 22.5 Å². The first kappa shape index (κ1) is 16.3. The van der Waals surface area contributed by atoms with Gasteiger partial charge < -0.3 is 0 Å². The Morgan fingerprint density at radius 2 is 1.20 bits per heavy atom. The lowest BCUT2D eigenvalue weighted by atomic mass is 10.1. The summed E-state index contributed by atoms with van der Waals surface area (Å²) >= 11 is 0. The lowest BCUT2D eigenvalue weighted by Gasteiger charge is -2.39. The van der Waals surface area contributed by atoms with Crippen molar-refractivity contribution in [2.24, 2.45) is 11.7 Å². The van der Waals surface area contributed by atoms with Crippen LogP contribution in [0.3, 0.4) is 0 Å². The van der Waals surface area contributed by atoms with E-state index in [9.17, 15) is 9.59 Å². The lowest BCUT2D eigenvalue weighted by molar-refractivity contribution is -0.128. The van der Waals surface area contributed by atoms with E-state index in [-0.39, 0.29) is 11.8 Å². The SMILES string of the molecule is C=CC(C(=O)NN)N1CCN(C(C=C)C(=O)NN)CC1. The number of nitrogens with one attached hydrogen (secondary N) is 2. The zero-order valence-corrected chi connectivity index (χ0v) is 11.4. The van der Waals surface area contributed by atoms with E-state index in [0.717, 1.165) is 0 Å². The molecule has 2 unspecified atom stereocenters. The zero-order valence-electron chi connectivity index (χ0n) is 11.4. The molecule has 1 heterocycles. The van der Waals surface area contributed by atoms with E-state index in [4.69, 9.17) is 11.7 Å². The first-order valence-electron chi connectivity index (χ1n) is 6.33. The van der Waals surface area contributed by atoms with Gasteiger partial charge in [0.15, 0.2) is 0 Å². The lowest BCUT2D eigenvalue weighted by Crippen LogP contribution is -2.58. The van der Waals surface area contributed by atoms with Crippen molar-refractivity contribution in [3.63, 3.8) is 0 Å². The Balaban J connectivity index is 2.62. The predicted octanol–water partition coefficient (Wildman–Crippen LogP) is -2.31. The second-order valence-corrected chi connectivity index (χ2v) is 4.45. The Morgan fingerprint density at radius 3 is 1.40 bits per heavy atom. The third kappa shape index (κ3) is 3.64. The molecule has 1 fully saturated rings. The minimum Gasteiger partial charge on any atom is -0.293 e. The molecule has 1 aliphatic heterocycles. The van der Waals surface area contributed by atoms with Crippen LogP contribution in [0.5, 0.6) is 0 Å². The molecule has 6 N–H and O–H groups in total. The summed E-state index contributed by atoms with van der Waals surface area (Å²) in [6.45, 7) is 9.77. The molecule has 0 radical (unpaired) electrons. The molecule has 8 heteroatoms. The molecule has 20 heavy (non-hydrogen) atoms. The van der Waals surface area contributed by atoms with E-state index < -0.39 is 12.1 Å². The van der Waals surface area contributed by atoms with Crippen LogP contribution in [0.15, 0.2) is 25.3 Å².